The highest BCUT2D eigenvalue weighted by atomic mass is 16.5. The molecule has 15 heavy (non-hydrogen) atoms. The highest BCUT2D eigenvalue weighted by Gasteiger charge is 2.22. The van der Waals surface area contributed by atoms with Gasteiger partial charge in [-0.2, -0.15) is 0 Å². The van der Waals surface area contributed by atoms with Gasteiger partial charge in [0.15, 0.2) is 0 Å². The van der Waals surface area contributed by atoms with Gasteiger partial charge in [0, 0.05) is 17.4 Å². The normalized spacial score (nSPS) is 13.9. The lowest BCUT2D eigenvalue weighted by Gasteiger charge is -2.12. The number of hydrogen-bond donors (Lipinski definition) is 1. The Morgan fingerprint density at radius 1 is 1.60 bits per heavy atom. The third-order valence-electron chi connectivity index (χ3n) is 2.25. The van der Waals surface area contributed by atoms with Gasteiger partial charge in [0.2, 0.25) is 0 Å². The lowest BCUT2D eigenvalue weighted by molar-refractivity contribution is -0.137. The second-order valence-corrected chi connectivity index (χ2v) is 4.86. The third-order valence-corrected chi connectivity index (χ3v) is 2.25. The van der Waals surface area contributed by atoms with Crippen molar-refractivity contribution in [3.8, 4) is 0 Å². The summed E-state index contributed by atoms with van der Waals surface area (Å²) in [6.45, 7) is 7.91. The van der Waals surface area contributed by atoms with Gasteiger partial charge in [-0.1, -0.05) is 32.9 Å². The maximum atomic E-state index is 10.5. The van der Waals surface area contributed by atoms with Gasteiger partial charge >= 0.3 is 5.97 Å². The van der Waals surface area contributed by atoms with E-state index in [4.69, 9.17) is 9.63 Å². The molecule has 84 valence electrons. The van der Waals surface area contributed by atoms with Crippen LogP contribution >= 0.6 is 0 Å². The molecule has 0 saturated heterocycles. The van der Waals surface area contributed by atoms with Gasteiger partial charge in [0.05, 0.1) is 12.1 Å². The van der Waals surface area contributed by atoms with Gasteiger partial charge in [0.1, 0.15) is 5.76 Å². The average Bonchev–Trinajstić information content (AvgIpc) is 2.48. The maximum absolute atomic E-state index is 10.5. The van der Waals surface area contributed by atoms with Crippen LogP contribution in [0.25, 0.3) is 0 Å². The van der Waals surface area contributed by atoms with Gasteiger partial charge in [-0.25, -0.2) is 0 Å². The van der Waals surface area contributed by atoms with Gasteiger partial charge in [-0.05, 0) is 0 Å². The Kier molecular flexibility index (Phi) is 3.17. The molecule has 1 N–H and O–H groups in total. The molecule has 0 saturated carbocycles. The first kappa shape index (κ1) is 11.8. The largest absolute Gasteiger partial charge is 0.481 e. The van der Waals surface area contributed by atoms with E-state index in [1.807, 2.05) is 33.8 Å². The number of aromatic nitrogens is 1. The molecule has 0 aliphatic rings. The summed E-state index contributed by atoms with van der Waals surface area (Å²) in [6, 6.07) is 1.84. The summed E-state index contributed by atoms with van der Waals surface area (Å²) in [4.78, 5) is 10.5. The molecule has 1 aromatic rings. The van der Waals surface area contributed by atoms with E-state index in [1.165, 1.54) is 0 Å². The smallest absolute Gasteiger partial charge is 0.304 e. The molecule has 0 aliphatic carbocycles. The quantitative estimate of drug-likeness (QED) is 0.834. The highest BCUT2D eigenvalue weighted by Crippen LogP contribution is 2.26. The number of carboxylic acids is 1. The fraction of sp³-hybridized carbons (Fsp3) is 0.636. The zero-order valence-corrected chi connectivity index (χ0v) is 9.57. The molecule has 0 fully saturated rings. The molecule has 1 aromatic heterocycles. The number of carbonyl (C=O) groups is 1. The van der Waals surface area contributed by atoms with Crippen molar-refractivity contribution in [2.45, 2.75) is 45.4 Å². The molecule has 0 spiro atoms. The van der Waals surface area contributed by atoms with E-state index in [-0.39, 0.29) is 17.8 Å². The van der Waals surface area contributed by atoms with Gasteiger partial charge in [-0.3, -0.25) is 4.79 Å². The van der Waals surface area contributed by atoms with Gasteiger partial charge in [0.25, 0.3) is 0 Å². The Morgan fingerprint density at radius 3 is 2.60 bits per heavy atom. The Hall–Kier alpha value is -1.32. The van der Waals surface area contributed by atoms with Crippen molar-refractivity contribution >= 4 is 5.97 Å². The monoisotopic (exact) mass is 211 g/mol. The van der Waals surface area contributed by atoms with E-state index in [0.717, 1.165) is 5.76 Å². The van der Waals surface area contributed by atoms with Crippen LogP contribution in [-0.4, -0.2) is 16.2 Å². The maximum Gasteiger partial charge on any atom is 0.304 e. The second kappa shape index (κ2) is 4.04. The Labute approximate surface area is 89.3 Å². The van der Waals surface area contributed by atoms with Crippen LogP contribution in [0.4, 0.5) is 0 Å². The van der Waals surface area contributed by atoms with Crippen molar-refractivity contribution in [2.24, 2.45) is 0 Å². The highest BCUT2D eigenvalue weighted by molar-refractivity contribution is 5.67. The van der Waals surface area contributed by atoms with Crippen molar-refractivity contribution in [2.75, 3.05) is 0 Å². The molecule has 0 bridgehead atoms. The number of aliphatic carboxylic acids is 1. The van der Waals surface area contributed by atoms with Crippen LogP contribution in [0.1, 0.15) is 51.5 Å². The minimum atomic E-state index is -0.817. The minimum Gasteiger partial charge on any atom is -0.481 e. The van der Waals surface area contributed by atoms with Crippen LogP contribution in [0, 0.1) is 0 Å². The molecule has 1 rings (SSSR count). The van der Waals surface area contributed by atoms with Gasteiger partial charge in [-0.15, -0.1) is 0 Å². The zero-order chi connectivity index (χ0) is 11.6. The number of nitrogens with zero attached hydrogens (tertiary/aromatic N) is 1. The summed E-state index contributed by atoms with van der Waals surface area (Å²) in [5, 5.41) is 12.6. The number of carboxylic acid groups (broad SMARTS) is 1. The van der Waals surface area contributed by atoms with Crippen molar-refractivity contribution in [3.05, 3.63) is 17.5 Å². The summed E-state index contributed by atoms with van der Waals surface area (Å²) in [6.07, 6.45) is 0.0795. The fourth-order valence-corrected chi connectivity index (χ4v) is 1.24. The molecular formula is C11H17NO3. The topological polar surface area (TPSA) is 63.3 Å². The SMILES string of the molecule is CC(CC(=O)O)c1cc(C(C)(C)C)on1. The number of rotatable bonds is 3. The molecule has 1 atom stereocenters. The molecule has 4 nitrogen and oxygen atoms in total. The lowest BCUT2D eigenvalue weighted by Crippen LogP contribution is -2.09. The molecule has 1 unspecified atom stereocenters. The Bertz CT molecular complexity index is 349. The van der Waals surface area contributed by atoms with Crippen LogP contribution in [0.15, 0.2) is 10.6 Å². The van der Waals surface area contributed by atoms with E-state index in [2.05, 4.69) is 5.16 Å². The average molecular weight is 211 g/mol. The summed E-state index contributed by atoms with van der Waals surface area (Å²) in [5.74, 6) is -0.139. The molecule has 0 aliphatic heterocycles. The summed E-state index contributed by atoms with van der Waals surface area (Å²) < 4.78 is 5.19. The van der Waals surface area contributed by atoms with E-state index >= 15 is 0 Å². The summed E-state index contributed by atoms with van der Waals surface area (Å²) in [5.41, 5.74) is 0.621. The van der Waals surface area contributed by atoms with Crippen molar-refractivity contribution in [1.29, 1.82) is 0 Å². The fourth-order valence-electron chi connectivity index (χ4n) is 1.24. The Balaban J connectivity index is 2.80. The molecule has 1 heterocycles. The zero-order valence-electron chi connectivity index (χ0n) is 9.57. The van der Waals surface area contributed by atoms with Crippen LogP contribution in [0.3, 0.4) is 0 Å². The van der Waals surface area contributed by atoms with E-state index in [9.17, 15) is 4.79 Å². The minimum absolute atomic E-state index is 0.0795. The molecule has 0 radical (unpaired) electrons. The van der Waals surface area contributed by atoms with Crippen molar-refractivity contribution in [3.63, 3.8) is 0 Å². The first-order chi connectivity index (χ1) is 6.80. The van der Waals surface area contributed by atoms with E-state index < -0.39 is 5.97 Å². The second-order valence-electron chi connectivity index (χ2n) is 4.86. The molecule has 0 amide bonds. The number of hydrogen-bond acceptors (Lipinski definition) is 3. The Morgan fingerprint density at radius 2 is 2.20 bits per heavy atom. The lowest BCUT2D eigenvalue weighted by atomic mass is 9.92. The van der Waals surface area contributed by atoms with Crippen LogP contribution in [0.5, 0.6) is 0 Å². The summed E-state index contributed by atoms with van der Waals surface area (Å²) in [7, 11) is 0. The van der Waals surface area contributed by atoms with E-state index in [1.54, 1.807) is 0 Å². The van der Waals surface area contributed by atoms with Crippen molar-refractivity contribution in [1.82, 2.24) is 5.16 Å². The standard InChI is InChI=1S/C11H17NO3/c1-7(5-10(13)14)8-6-9(15-12-8)11(2,3)4/h6-7H,5H2,1-4H3,(H,13,14). The van der Waals surface area contributed by atoms with Crippen LogP contribution in [0.2, 0.25) is 0 Å². The predicted octanol–water partition coefficient (Wildman–Crippen LogP) is 2.55. The first-order valence-corrected chi connectivity index (χ1v) is 4.99. The molecule has 4 heteroatoms. The van der Waals surface area contributed by atoms with E-state index in [0.29, 0.717) is 5.69 Å². The van der Waals surface area contributed by atoms with Crippen LogP contribution in [-0.2, 0) is 10.2 Å². The molecule has 0 aromatic carbocycles. The van der Waals surface area contributed by atoms with Gasteiger partial charge < -0.3 is 9.63 Å². The summed E-state index contributed by atoms with van der Waals surface area (Å²) >= 11 is 0. The first-order valence-electron chi connectivity index (χ1n) is 4.99. The van der Waals surface area contributed by atoms with Crippen molar-refractivity contribution < 1.29 is 14.4 Å². The molecular weight excluding hydrogens is 194 g/mol. The predicted molar refractivity (Wildman–Crippen MR) is 55.9 cm³/mol. The third kappa shape index (κ3) is 3.08. The van der Waals surface area contributed by atoms with Crippen LogP contribution < -0.4 is 0 Å².